The summed E-state index contributed by atoms with van der Waals surface area (Å²) in [5.41, 5.74) is 1.88. The third-order valence-corrected chi connectivity index (χ3v) is 6.51. The van der Waals surface area contributed by atoms with Crippen molar-refractivity contribution >= 4 is 29.7 Å². The fourth-order valence-electron chi connectivity index (χ4n) is 3.96. The Morgan fingerprint density at radius 3 is 2.44 bits per heavy atom. The standard InChI is InChI=1S/C22H19F6N3OS.ClH/c1-12-10-33-11-14(12)20-18-9-30(5-6-31(18)21(29-20)22(26,27)28)19(32)4-2-3-13-7-16(24)17(25)8-15(13)23;/h7-8,10-11H,2-6,9H2,1H3;1H. The second-order valence-corrected chi connectivity index (χ2v) is 8.62. The minimum Gasteiger partial charge on any atom is -0.335 e. The normalized spacial score (nSPS) is 13.6. The number of carbonyl (C=O) groups excluding carboxylic acids is 1. The molecule has 0 saturated carbocycles. The number of halogens is 7. The van der Waals surface area contributed by atoms with Gasteiger partial charge in [-0.1, -0.05) is 0 Å². The minimum absolute atomic E-state index is 0. The van der Waals surface area contributed by atoms with Gasteiger partial charge in [0, 0.05) is 36.5 Å². The number of alkyl halides is 3. The van der Waals surface area contributed by atoms with Crippen LogP contribution in [0.3, 0.4) is 0 Å². The first-order chi connectivity index (χ1) is 15.6. The maximum atomic E-state index is 13.8. The number of benzene rings is 1. The molecule has 1 aromatic carbocycles. The van der Waals surface area contributed by atoms with E-state index >= 15 is 0 Å². The Hall–Kier alpha value is -2.53. The van der Waals surface area contributed by atoms with Gasteiger partial charge in [0.2, 0.25) is 11.7 Å². The van der Waals surface area contributed by atoms with Crippen LogP contribution < -0.4 is 0 Å². The van der Waals surface area contributed by atoms with Gasteiger partial charge in [-0.05, 0) is 42.3 Å². The highest BCUT2D eigenvalue weighted by Crippen LogP contribution is 2.37. The average molecular weight is 524 g/mol. The number of nitrogens with zero attached hydrogens (tertiary/aromatic N) is 3. The number of rotatable bonds is 5. The molecule has 1 amide bonds. The molecular formula is C22H20ClF6N3OS. The Labute approximate surface area is 201 Å². The van der Waals surface area contributed by atoms with Crippen molar-refractivity contribution in [3.63, 3.8) is 0 Å². The first kappa shape index (κ1) is 26.1. The lowest BCUT2D eigenvalue weighted by atomic mass is 10.1. The Kier molecular flexibility index (Phi) is 7.66. The van der Waals surface area contributed by atoms with E-state index in [9.17, 15) is 31.1 Å². The number of hydrogen-bond donors (Lipinski definition) is 0. The largest absolute Gasteiger partial charge is 0.449 e. The second kappa shape index (κ2) is 9.99. The van der Waals surface area contributed by atoms with E-state index in [0.29, 0.717) is 17.3 Å². The molecular weight excluding hydrogens is 504 g/mol. The van der Waals surface area contributed by atoms with E-state index in [1.165, 1.54) is 16.2 Å². The number of thiophene rings is 1. The summed E-state index contributed by atoms with van der Waals surface area (Å²) in [5, 5.41) is 3.55. The van der Waals surface area contributed by atoms with Crippen LogP contribution in [0.25, 0.3) is 11.3 Å². The van der Waals surface area contributed by atoms with E-state index in [2.05, 4.69) is 4.98 Å². The third kappa shape index (κ3) is 5.10. The number of imidazole rings is 1. The number of aryl methyl sites for hydroxylation is 2. The molecule has 0 atom stereocenters. The molecule has 12 heteroatoms. The highest BCUT2D eigenvalue weighted by atomic mass is 35.5. The van der Waals surface area contributed by atoms with E-state index in [0.717, 1.165) is 16.2 Å². The van der Waals surface area contributed by atoms with E-state index in [1.54, 1.807) is 12.3 Å². The molecule has 4 rings (SSSR count). The Bertz CT molecular complexity index is 1210. The summed E-state index contributed by atoms with van der Waals surface area (Å²) >= 11 is 1.36. The van der Waals surface area contributed by atoms with Crippen molar-refractivity contribution in [2.45, 2.75) is 45.5 Å². The molecule has 4 nitrogen and oxygen atoms in total. The predicted octanol–water partition coefficient (Wildman–Crippen LogP) is 6.14. The lowest BCUT2D eigenvalue weighted by molar-refractivity contribution is -0.148. The lowest BCUT2D eigenvalue weighted by Crippen LogP contribution is -2.39. The van der Waals surface area contributed by atoms with Crippen LogP contribution in [0.1, 0.15) is 35.5 Å². The molecule has 3 heterocycles. The van der Waals surface area contributed by atoms with Crippen molar-refractivity contribution in [1.29, 1.82) is 0 Å². The fourth-order valence-corrected chi connectivity index (χ4v) is 4.79. The fraction of sp³-hybridized carbons (Fsp3) is 0.364. The topological polar surface area (TPSA) is 38.1 Å². The summed E-state index contributed by atoms with van der Waals surface area (Å²) < 4.78 is 82.0. The van der Waals surface area contributed by atoms with E-state index in [1.807, 2.05) is 5.38 Å². The lowest BCUT2D eigenvalue weighted by Gasteiger charge is -2.30. The van der Waals surface area contributed by atoms with E-state index < -0.39 is 29.5 Å². The molecule has 0 N–H and O–H groups in total. The molecule has 0 unspecified atom stereocenters. The molecule has 0 bridgehead atoms. The van der Waals surface area contributed by atoms with Gasteiger partial charge in [0.05, 0.1) is 17.9 Å². The summed E-state index contributed by atoms with van der Waals surface area (Å²) in [5.74, 6) is -4.64. The molecule has 0 fully saturated rings. The first-order valence-electron chi connectivity index (χ1n) is 10.2. The number of hydrogen-bond acceptors (Lipinski definition) is 3. The van der Waals surface area contributed by atoms with Gasteiger partial charge in [0.15, 0.2) is 11.6 Å². The number of carbonyl (C=O) groups is 1. The van der Waals surface area contributed by atoms with Crippen LogP contribution >= 0.6 is 23.7 Å². The maximum Gasteiger partial charge on any atom is 0.449 e. The predicted molar refractivity (Wildman–Crippen MR) is 117 cm³/mol. The van der Waals surface area contributed by atoms with Gasteiger partial charge in [-0.15, -0.1) is 12.4 Å². The Morgan fingerprint density at radius 2 is 1.79 bits per heavy atom. The summed E-state index contributed by atoms with van der Waals surface area (Å²) in [7, 11) is 0. The molecule has 1 aliphatic rings. The summed E-state index contributed by atoms with van der Waals surface area (Å²) in [6.07, 6.45) is -4.43. The SMILES string of the molecule is Cc1cscc1-c1nc(C(F)(F)F)n2c1CN(C(=O)CCCc1cc(F)c(F)cc1F)CC2.Cl. The molecule has 0 saturated heterocycles. The van der Waals surface area contributed by atoms with Crippen LogP contribution in [0, 0.1) is 24.4 Å². The number of amides is 1. The third-order valence-electron chi connectivity index (χ3n) is 5.65. The zero-order chi connectivity index (χ0) is 23.9. The molecule has 184 valence electrons. The quantitative estimate of drug-likeness (QED) is 0.297. The highest BCUT2D eigenvalue weighted by molar-refractivity contribution is 7.08. The molecule has 34 heavy (non-hydrogen) atoms. The van der Waals surface area contributed by atoms with Gasteiger partial charge >= 0.3 is 6.18 Å². The van der Waals surface area contributed by atoms with Crippen molar-refractivity contribution in [3.8, 4) is 11.3 Å². The van der Waals surface area contributed by atoms with Crippen LogP contribution in [0.15, 0.2) is 22.9 Å². The van der Waals surface area contributed by atoms with Crippen LogP contribution in [0.4, 0.5) is 26.3 Å². The van der Waals surface area contributed by atoms with Crippen LogP contribution in [-0.4, -0.2) is 26.9 Å². The Morgan fingerprint density at radius 1 is 1.09 bits per heavy atom. The van der Waals surface area contributed by atoms with Gasteiger partial charge in [-0.3, -0.25) is 4.79 Å². The smallest absolute Gasteiger partial charge is 0.335 e. The van der Waals surface area contributed by atoms with E-state index in [4.69, 9.17) is 0 Å². The minimum atomic E-state index is -4.63. The van der Waals surface area contributed by atoms with Crippen molar-refractivity contribution in [2.75, 3.05) is 6.54 Å². The maximum absolute atomic E-state index is 13.8. The second-order valence-electron chi connectivity index (χ2n) is 7.88. The van der Waals surface area contributed by atoms with Gasteiger partial charge < -0.3 is 9.47 Å². The molecule has 3 aromatic rings. The van der Waals surface area contributed by atoms with Crippen LogP contribution in [0.2, 0.25) is 0 Å². The molecule has 0 spiro atoms. The van der Waals surface area contributed by atoms with Gasteiger partial charge in [-0.25, -0.2) is 18.2 Å². The molecule has 2 aromatic heterocycles. The molecule has 0 radical (unpaired) electrons. The highest BCUT2D eigenvalue weighted by Gasteiger charge is 2.41. The monoisotopic (exact) mass is 523 g/mol. The zero-order valence-electron chi connectivity index (χ0n) is 17.9. The average Bonchev–Trinajstić information content (AvgIpc) is 3.34. The van der Waals surface area contributed by atoms with Crippen molar-refractivity contribution in [3.05, 3.63) is 63.0 Å². The van der Waals surface area contributed by atoms with Crippen molar-refractivity contribution in [2.24, 2.45) is 0 Å². The summed E-state index contributed by atoms with van der Waals surface area (Å²) in [4.78, 5) is 18.1. The zero-order valence-corrected chi connectivity index (χ0v) is 19.5. The van der Waals surface area contributed by atoms with Gasteiger partial charge in [-0.2, -0.15) is 24.5 Å². The van der Waals surface area contributed by atoms with Crippen LogP contribution in [-0.2, 0) is 30.5 Å². The summed E-state index contributed by atoms with van der Waals surface area (Å²) in [6, 6.07) is 1.23. The Balaban J connectivity index is 0.00000324. The molecule has 1 aliphatic heterocycles. The number of aromatic nitrogens is 2. The number of fused-ring (bicyclic) bond motifs is 1. The molecule has 0 aliphatic carbocycles. The van der Waals surface area contributed by atoms with Crippen molar-refractivity contribution < 1.29 is 31.1 Å². The first-order valence-corrected chi connectivity index (χ1v) is 11.1. The van der Waals surface area contributed by atoms with Gasteiger partial charge in [0.25, 0.3) is 0 Å². The van der Waals surface area contributed by atoms with Crippen molar-refractivity contribution in [1.82, 2.24) is 14.5 Å². The van der Waals surface area contributed by atoms with E-state index in [-0.39, 0.29) is 68.5 Å². The van der Waals surface area contributed by atoms with Gasteiger partial charge in [0.1, 0.15) is 5.82 Å². The summed E-state index contributed by atoms with van der Waals surface area (Å²) in [6.45, 7) is 1.77. The van der Waals surface area contributed by atoms with Crippen LogP contribution in [0.5, 0.6) is 0 Å².